The normalized spacial score (nSPS) is 11.2. The monoisotopic (exact) mass is 239 g/mol. The average molecular weight is 239 g/mol. The van der Waals surface area contributed by atoms with E-state index < -0.39 is 0 Å². The van der Waals surface area contributed by atoms with Gasteiger partial charge < -0.3 is 5.43 Å². The van der Waals surface area contributed by atoms with Crippen molar-refractivity contribution >= 4 is 5.82 Å². The highest BCUT2D eigenvalue weighted by atomic mass is 15.4. The summed E-state index contributed by atoms with van der Waals surface area (Å²) in [5.74, 6) is 6.48. The molecular weight excluding hydrogens is 214 g/mol. The fraction of sp³-hybridized carbons (Fsp3) is 0.750. The quantitative estimate of drug-likeness (QED) is 0.561. The summed E-state index contributed by atoms with van der Waals surface area (Å²) in [6, 6.07) is 0. The van der Waals surface area contributed by atoms with E-state index in [1.54, 1.807) is 4.68 Å². The zero-order chi connectivity index (χ0) is 12.8. The van der Waals surface area contributed by atoms with E-state index >= 15 is 0 Å². The second-order valence-corrected chi connectivity index (χ2v) is 4.46. The van der Waals surface area contributed by atoms with Gasteiger partial charge in [0.15, 0.2) is 0 Å². The molecule has 0 aliphatic rings. The van der Waals surface area contributed by atoms with Crippen LogP contribution in [0.15, 0.2) is 0 Å². The van der Waals surface area contributed by atoms with Gasteiger partial charge in [-0.3, -0.25) is 9.58 Å². The van der Waals surface area contributed by atoms with Gasteiger partial charge in [0.25, 0.3) is 0 Å². The predicted molar refractivity (Wildman–Crippen MR) is 71.6 cm³/mol. The molecular formula is C12H25N5. The number of nitrogens with zero attached hydrogens (tertiary/aromatic N) is 3. The third-order valence-electron chi connectivity index (χ3n) is 2.94. The number of aromatic nitrogens is 2. The first-order chi connectivity index (χ1) is 8.13. The Labute approximate surface area is 104 Å². The van der Waals surface area contributed by atoms with Crippen molar-refractivity contribution in [2.75, 3.05) is 18.5 Å². The van der Waals surface area contributed by atoms with E-state index in [1.165, 1.54) is 18.4 Å². The summed E-state index contributed by atoms with van der Waals surface area (Å²) >= 11 is 0. The van der Waals surface area contributed by atoms with Gasteiger partial charge in [0.05, 0.1) is 5.69 Å². The molecule has 0 aliphatic heterocycles. The van der Waals surface area contributed by atoms with Crippen molar-refractivity contribution in [3.63, 3.8) is 0 Å². The van der Waals surface area contributed by atoms with Crippen LogP contribution in [0.5, 0.6) is 0 Å². The lowest BCUT2D eigenvalue weighted by Crippen LogP contribution is -2.26. The van der Waals surface area contributed by atoms with E-state index in [-0.39, 0.29) is 0 Å². The molecule has 1 heterocycles. The molecule has 5 heteroatoms. The second-order valence-electron chi connectivity index (χ2n) is 4.46. The van der Waals surface area contributed by atoms with E-state index in [1.807, 2.05) is 14.0 Å². The molecule has 1 aromatic heterocycles. The van der Waals surface area contributed by atoms with Crippen LogP contribution in [0, 0.1) is 6.92 Å². The molecule has 0 radical (unpaired) electrons. The Bertz CT molecular complexity index is 339. The predicted octanol–water partition coefficient (Wildman–Crippen LogP) is 1.64. The van der Waals surface area contributed by atoms with Crippen LogP contribution in [-0.2, 0) is 13.6 Å². The number of hydrogen-bond acceptors (Lipinski definition) is 4. The smallest absolute Gasteiger partial charge is 0.142 e. The van der Waals surface area contributed by atoms with Crippen molar-refractivity contribution in [2.24, 2.45) is 12.9 Å². The molecule has 0 atom stereocenters. The lowest BCUT2D eigenvalue weighted by molar-refractivity contribution is 0.266. The van der Waals surface area contributed by atoms with Gasteiger partial charge in [0, 0.05) is 19.2 Å². The highest BCUT2D eigenvalue weighted by molar-refractivity contribution is 5.46. The number of nitrogens with one attached hydrogen (secondary N) is 1. The van der Waals surface area contributed by atoms with Gasteiger partial charge in [-0.2, -0.15) is 5.10 Å². The topological polar surface area (TPSA) is 59.1 Å². The lowest BCUT2D eigenvalue weighted by Gasteiger charge is -2.21. The van der Waals surface area contributed by atoms with Crippen LogP contribution in [0.3, 0.4) is 0 Å². The van der Waals surface area contributed by atoms with Gasteiger partial charge in [-0.25, -0.2) is 5.84 Å². The number of rotatable bonds is 7. The van der Waals surface area contributed by atoms with Crippen molar-refractivity contribution in [1.29, 1.82) is 0 Å². The van der Waals surface area contributed by atoms with E-state index in [0.717, 1.165) is 31.1 Å². The average Bonchev–Trinajstić information content (AvgIpc) is 2.54. The molecule has 98 valence electrons. The number of nitrogen functional groups attached to an aromatic ring is 1. The summed E-state index contributed by atoms with van der Waals surface area (Å²) in [6.45, 7) is 9.60. The van der Waals surface area contributed by atoms with Crippen molar-refractivity contribution < 1.29 is 0 Å². The number of nitrogens with two attached hydrogens (primary N) is 1. The first kappa shape index (κ1) is 14.0. The summed E-state index contributed by atoms with van der Waals surface area (Å²) in [4.78, 5) is 2.45. The Morgan fingerprint density at radius 2 is 1.88 bits per heavy atom. The van der Waals surface area contributed by atoms with E-state index in [0.29, 0.717) is 0 Å². The van der Waals surface area contributed by atoms with Crippen LogP contribution in [-0.4, -0.2) is 27.8 Å². The molecule has 0 amide bonds. The van der Waals surface area contributed by atoms with Gasteiger partial charge in [0.2, 0.25) is 0 Å². The van der Waals surface area contributed by atoms with Crippen molar-refractivity contribution in [3.8, 4) is 0 Å². The Kier molecular flexibility index (Phi) is 5.44. The van der Waals surface area contributed by atoms with Crippen molar-refractivity contribution in [1.82, 2.24) is 14.7 Å². The standard InChI is InChI=1S/C12H25N5/c1-5-7-17(8-6-2)9-11-10(3)15-16(4)12(11)14-13/h14H,5-9,13H2,1-4H3. The molecule has 0 aromatic carbocycles. The maximum absolute atomic E-state index is 5.56. The van der Waals surface area contributed by atoms with Crippen molar-refractivity contribution in [3.05, 3.63) is 11.3 Å². The molecule has 17 heavy (non-hydrogen) atoms. The fourth-order valence-corrected chi connectivity index (χ4v) is 2.20. The van der Waals surface area contributed by atoms with Gasteiger partial charge in [-0.05, 0) is 32.9 Å². The minimum Gasteiger partial charge on any atom is -0.308 e. The molecule has 3 N–H and O–H groups in total. The van der Waals surface area contributed by atoms with E-state index in [2.05, 4.69) is 29.3 Å². The zero-order valence-corrected chi connectivity index (χ0v) is 11.5. The summed E-state index contributed by atoms with van der Waals surface area (Å²) < 4.78 is 1.81. The number of hydrazine groups is 1. The van der Waals surface area contributed by atoms with Crippen LogP contribution >= 0.6 is 0 Å². The zero-order valence-electron chi connectivity index (χ0n) is 11.5. The van der Waals surface area contributed by atoms with E-state index in [4.69, 9.17) is 5.84 Å². The Balaban J connectivity index is 2.83. The summed E-state index contributed by atoms with van der Waals surface area (Å²) in [5.41, 5.74) is 5.01. The Morgan fingerprint density at radius 3 is 2.35 bits per heavy atom. The largest absolute Gasteiger partial charge is 0.308 e. The molecule has 1 rings (SSSR count). The molecule has 0 spiro atoms. The van der Waals surface area contributed by atoms with Crippen LogP contribution in [0.25, 0.3) is 0 Å². The van der Waals surface area contributed by atoms with Gasteiger partial charge in [-0.15, -0.1) is 0 Å². The number of anilines is 1. The number of hydrogen-bond donors (Lipinski definition) is 2. The Hall–Kier alpha value is -1.07. The highest BCUT2D eigenvalue weighted by Crippen LogP contribution is 2.19. The van der Waals surface area contributed by atoms with Crippen LogP contribution in [0.1, 0.15) is 37.9 Å². The summed E-state index contributed by atoms with van der Waals surface area (Å²) in [5, 5.41) is 4.40. The molecule has 0 fully saturated rings. The summed E-state index contributed by atoms with van der Waals surface area (Å²) in [6.07, 6.45) is 2.34. The Morgan fingerprint density at radius 1 is 1.29 bits per heavy atom. The van der Waals surface area contributed by atoms with Gasteiger partial charge in [0.1, 0.15) is 5.82 Å². The third-order valence-corrected chi connectivity index (χ3v) is 2.94. The SMILES string of the molecule is CCCN(CCC)Cc1c(C)nn(C)c1NN. The molecule has 1 aromatic rings. The van der Waals surface area contributed by atoms with Crippen molar-refractivity contribution in [2.45, 2.75) is 40.2 Å². The third kappa shape index (κ3) is 3.44. The maximum atomic E-state index is 5.56. The van der Waals surface area contributed by atoms with Gasteiger partial charge in [-0.1, -0.05) is 13.8 Å². The molecule has 5 nitrogen and oxygen atoms in total. The minimum atomic E-state index is 0.916. The molecule has 0 saturated carbocycles. The van der Waals surface area contributed by atoms with Crippen LogP contribution < -0.4 is 11.3 Å². The maximum Gasteiger partial charge on any atom is 0.142 e. The molecule has 0 aliphatic carbocycles. The van der Waals surface area contributed by atoms with Crippen LogP contribution in [0.4, 0.5) is 5.82 Å². The van der Waals surface area contributed by atoms with E-state index in [9.17, 15) is 0 Å². The number of aryl methyl sites for hydroxylation is 2. The van der Waals surface area contributed by atoms with Crippen LogP contribution in [0.2, 0.25) is 0 Å². The molecule has 0 unspecified atom stereocenters. The van der Waals surface area contributed by atoms with Gasteiger partial charge >= 0.3 is 0 Å². The molecule has 0 bridgehead atoms. The highest BCUT2D eigenvalue weighted by Gasteiger charge is 2.15. The fourth-order valence-electron chi connectivity index (χ4n) is 2.20. The first-order valence-corrected chi connectivity index (χ1v) is 6.35. The second kappa shape index (κ2) is 6.61. The lowest BCUT2D eigenvalue weighted by atomic mass is 10.2. The first-order valence-electron chi connectivity index (χ1n) is 6.35. The minimum absolute atomic E-state index is 0.916. The molecule has 0 saturated heterocycles. The summed E-state index contributed by atoms with van der Waals surface area (Å²) in [7, 11) is 1.91.